The van der Waals surface area contributed by atoms with Crippen molar-refractivity contribution in [2.24, 2.45) is 0 Å². The lowest BCUT2D eigenvalue weighted by molar-refractivity contribution is 0.337. The van der Waals surface area contributed by atoms with Crippen LogP contribution in [0.15, 0.2) is 67.3 Å². The van der Waals surface area contributed by atoms with Gasteiger partial charge >= 0.3 is 0 Å². The quantitative estimate of drug-likeness (QED) is 0.497. The smallest absolute Gasteiger partial charge is 0.119 e. The van der Waals surface area contributed by atoms with Crippen molar-refractivity contribution in [2.45, 2.75) is 52.0 Å². The zero-order valence-electron chi connectivity index (χ0n) is 16.7. The number of hydrogen-bond acceptors (Lipinski definition) is 2. The van der Waals surface area contributed by atoms with Gasteiger partial charge in [0.2, 0.25) is 0 Å². The van der Waals surface area contributed by atoms with Gasteiger partial charge in [0.1, 0.15) is 5.75 Å². The van der Waals surface area contributed by atoms with Crippen LogP contribution in [-0.2, 0) is 18.4 Å². The molecule has 2 aromatic carbocycles. The summed E-state index contributed by atoms with van der Waals surface area (Å²) in [6, 6.07) is 17.5. The monoisotopic (exact) mass is 362 g/mol. The van der Waals surface area contributed by atoms with Crippen molar-refractivity contribution in [3.8, 4) is 5.75 Å². The topological polar surface area (TPSA) is 27.1 Å². The molecule has 1 aromatic heterocycles. The third-order valence-electron chi connectivity index (χ3n) is 5.27. The van der Waals surface area contributed by atoms with Crippen molar-refractivity contribution in [1.29, 1.82) is 0 Å². The zero-order valence-corrected chi connectivity index (χ0v) is 16.7. The minimum Gasteiger partial charge on any atom is -0.494 e. The first kappa shape index (κ1) is 19.2. The van der Waals surface area contributed by atoms with E-state index < -0.39 is 0 Å². The summed E-state index contributed by atoms with van der Waals surface area (Å²) in [5.41, 5.74) is 4.13. The third-order valence-corrected chi connectivity index (χ3v) is 5.27. The molecule has 0 fully saturated rings. The van der Waals surface area contributed by atoms with Gasteiger partial charge < -0.3 is 9.30 Å². The van der Waals surface area contributed by atoms with Crippen molar-refractivity contribution in [3.63, 3.8) is 0 Å². The van der Waals surface area contributed by atoms with Crippen LogP contribution in [0.25, 0.3) is 0 Å². The standard InChI is InChI=1S/C24H30N2O/c1-4-27-23-13-11-22(12-14-23)24(3,18-26-17-16-25-19-26)15-5-6-21-9-7-20(2)8-10-21/h7-14,16-17,19H,4-6,15,18H2,1-3H3. The first-order valence-electron chi connectivity index (χ1n) is 9.84. The molecule has 0 aliphatic heterocycles. The molecular weight excluding hydrogens is 332 g/mol. The van der Waals surface area contributed by atoms with E-state index in [2.05, 4.69) is 71.9 Å². The molecule has 3 nitrogen and oxygen atoms in total. The molecule has 1 unspecified atom stereocenters. The Bertz CT molecular complexity index is 807. The first-order valence-corrected chi connectivity index (χ1v) is 9.84. The maximum absolute atomic E-state index is 5.61. The van der Waals surface area contributed by atoms with Gasteiger partial charge in [-0.2, -0.15) is 0 Å². The lowest BCUT2D eigenvalue weighted by Crippen LogP contribution is -2.28. The lowest BCUT2D eigenvalue weighted by atomic mass is 9.77. The Morgan fingerprint density at radius 1 is 1.04 bits per heavy atom. The lowest BCUT2D eigenvalue weighted by Gasteiger charge is -2.31. The fourth-order valence-corrected chi connectivity index (χ4v) is 3.66. The fraction of sp³-hybridized carbons (Fsp3) is 0.375. The third kappa shape index (κ3) is 5.22. The van der Waals surface area contributed by atoms with Gasteiger partial charge in [-0.1, -0.05) is 48.9 Å². The Morgan fingerprint density at radius 2 is 1.78 bits per heavy atom. The largest absolute Gasteiger partial charge is 0.494 e. The molecule has 0 spiro atoms. The highest BCUT2D eigenvalue weighted by molar-refractivity contribution is 5.32. The second kappa shape index (κ2) is 8.90. The molecule has 0 radical (unpaired) electrons. The number of aromatic nitrogens is 2. The number of rotatable bonds is 9. The van der Waals surface area contributed by atoms with Crippen molar-refractivity contribution in [2.75, 3.05) is 6.61 Å². The van der Waals surface area contributed by atoms with Crippen LogP contribution in [0.3, 0.4) is 0 Å². The average molecular weight is 363 g/mol. The molecule has 0 saturated heterocycles. The summed E-state index contributed by atoms with van der Waals surface area (Å²) in [4.78, 5) is 4.22. The summed E-state index contributed by atoms with van der Waals surface area (Å²) in [7, 11) is 0. The van der Waals surface area contributed by atoms with Crippen LogP contribution in [0.4, 0.5) is 0 Å². The van der Waals surface area contributed by atoms with Gasteiger partial charge in [-0.25, -0.2) is 4.98 Å². The molecule has 0 amide bonds. The summed E-state index contributed by atoms with van der Waals surface area (Å²) < 4.78 is 7.80. The molecule has 142 valence electrons. The van der Waals surface area contributed by atoms with Crippen LogP contribution in [0.1, 0.15) is 43.4 Å². The van der Waals surface area contributed by atoms with Gasteiger partial charge in [-0.05, 0) is 56.4 Å². The number of nitrogens with zero attached hydrogens (tertiary/aromatic N) is 2. The number of benzene rings is 2. The SMILES string of the molecule is CCOc1ccc(C(C)(CCCc2ccc(C)cc2)Cn2ccnc2)cc1. The van der Waals surface area contributed by atoms with Gasteiger partial charge in [0.15, 0.2) is 0 Å². The van der Waals surface area contributed by atoms with E-state index >= 15 is 0 Å². The molecule has 1 atom stereocenters. The van der Waals surface area contributed by atoms with E-state index in [1.165, 1.54) is 16.7 Å². The highest BCUT2D eigenvalue weighted by atomic mass is 16.5. The molecule has 27 heavy (non-hydrogen) atoms. The molecule has 0 saturated carbocycles. The van der Waals surface area contributed by atoms with Gasteiger partial charge in [0.25, 0.3) is 0 Å². The molecule has 1 heterocycles. The molecule has 3 aromatic rings. The van der Waals surface area contributed by atoms with E-state index in [4.69, 9.17) is 4.74 Å². The summed E-state index contributed by atoms with van der Waals surface area (Å²) in [6.45, 7) is 8.13. The maximum atomic E-state index is 5.61. The van der Waals surface area contributed by atoms with Crippen LogP contribution < -0.4 is 4.74 Å². The van der Waals surface area contributed by atoms with Gasteiger partial charge in [0.05, 0.1) is 12.9 Å². The predicted octanol–water partition coefficient (Wildman–Crippen LogP) is 5.57. The van der Waals surface area contributed by atoms with Crippen molar-refractivity contribution < 1.29 is 4.74 Å². The normalized spacial score (nSPS) is 13.3. The fourth-order valence-electron chi connectivity index (χ4n) is 3.66. The molecule has 3 rings (SSSR count). The van der Waals surface area contributed by atoms with Crippen molar-refractivity contribution >= 4 is 0 Å². The highest BCUT2D eigenvalue weighted by Crippen LogP contribution is 2.33. The molecule has 0 bridgehead atoms. The highest BCUT2D eigenvalue weighted by Gasteiger charge is 2.27. The van der Waals surface area contributed by atoms with Gasteiger partial charge in [0, 0.05) is 24.4 Å². The number of hydrogen-bond donors (Lipinski definition) is 0. The number of ether oxygens (including phenoxy) is 1. The van der Waals surface area contributed by atoms with Crippen LogP contribution in [0.5, 0.6) is 5.75 Å². The van der Waals surface area contributed by atoms with E-state index in [0.717, 1.165) is 31.6 Å². The van der Waals surface area contributed by atoms with Crippen LogP contribution in [0, 0.1) is 6.92 Å². The van der Waals surface area contributed by atoms with E-state index in [1.54, 1.807) is 0 Å². The maximum Gasteiger partial charge on any atom is 0.119 e. The Labute approximate surface area is 163 Å². The van der Waals surface area contributed by atoms with E-state index in [1.807, 2.05) is 25.6 Å². The van der Waals surface area contributed by atoms with Gasteiger partial charge in [-0.3, -0.25) is 0 Å². The van der Waals surface area contributed by atoms with E-state index in [0.29, 0.717) is 6.61 Å². The molecule has 0 aliphatic carbocycles. The Morgan fingerprint density at radius 3 is 2.41 bits per heavy atom. The van der Waals surface area contributed by atoms with Crippen LogP contribution in [-0.4, -0.2) is 16.2 Å². The molecule has 0 aliphatic rings. The van der Waals surface area contributed by atoms with Crippen LogP contribution >= 0.6 is 0 Å². The van der Waals surface area contributed by atoms with E-state index in [9.17, 15) is 0 Å². The number of imidazole rings is 1. The summed E-state index contributed by atoms with van der Waals surface area (Å²) in [6.07, 6.45) is 9.19. The molecular formula is C24H30N2O. The van der Waals surface area contributed by atoms with Gasteiger partial charge in [-0.15, -0.1) is 0 Å². The first-order chi connectivity index (χ1) is 13.1. The number of aryl methyl sites for hydroxylation is 2. The Hall–Kier alpha value is -2.55. The second-order valence-corrected chi connectivity index (χ2v) is 7.59. The molecule has 3 heteroatoms. The second-order valence-electron chi connectivity index (χ2n) is 7.59. The average Bonchev–Trinajstić information content (AvgIpc) is 3.17. The Kier molecular flexibility index (Phi) is 6.33. The van der Waals surface area contributed by atoms with Crippen molar-refractivity contribution in [1.82, 2.24) is 9.55 Å². The molecule has 0 N–H and O–H groups in total. The zero-order chi connectivity index (χ0) is 19.1. The van der Waals surface area contributed by atoms with Crippen molar-refractivity contribution in [3.05, 3.63) is 83.9 Å². The Balaban J connectivity index is 1.73. The van der Waals surface area contributed by atoms with Crippen LogP contribution in [0.2, 0.25) is 0 Å². The summed E-state index contributed by atoms with van der Waals surface area (Å²) >= 11 is 0. The minimum absolute atomic E-state index is 0.0517. The summed E-state index contributed by atoms with van der Waals surface area (Å²) in [5, 5.41) is 0. The summed E-state index contributed by atoms with van der Waals surface area (Å²) in [5.74, 6) is 0.936. The minimum atomic E-state index is 0.0517. The predicted molar refractivity (Wildman–Crippen MR) is 111 cm³/mol. The van der Waals surface area contributed by atoms with E-state index in [-0.39, 0.29) is 5.41 Å².